The molecule has 1 saturated heterocycles. The molecule has 0 atom stereocenters. The number of rotatable bonds is 2. The molecule has 3 rings (SSSR count). The summed E-state index contributed by atoms with van der Waals surface area (Å²) >= 11 is 0. The fourth-order valence-electron chi connectivity index (χ4n) is 2.88. The largest absolute Gasteiger partial charge is 0.368 e. The van der Waals surface area contributed by atoms with Gasteiger partial charge in [-0.1, -0.05) is 6.07 Å². The molecule has 1 heterocycles. The molecule has 0 spiro atoms. The van der Waals surface area contributed by atoms with Gasteiger partial charge in [-0.25, -0.2) is 4.39 Å². The molecular weight excluding hydrogens is 291 g/mol. The summed E-state index contributed by atoms with van der Waals surface area (Å²) in [6, 6.07) is 12.4. The molecule has 1 amide bonds. The van der Waals surface area contributed by atoms with Crippen LogP contribution in [0.25, 0.3) is 0 Å². The Kier molecular flexibility index (Phi) is 4.33. The third-order valence-corrected chi connectivity index (χ3v) is 4.51. The highest BCUT2D eigenvalue weighted by Gasteiger charge is 2.22. The summed E-state index contributed by atoms with van der Waals surface area (Å²) in [5, 5.41) is 0. The quantitative estimate of drug-likeness (QED) is 0.848. The molecule has 0 saturated carbocycles. The van der Waals surface area contributed by atoms with E-state index in [2.05, 4.69) is 4.90 Å². The molecule has 1 aliphatic rings. The number of halogens is 1. The van der Waals surface area contributed by atoms with Crippen LogP contribution in [-0.2, 0) is 0 Å². The van der Waals surface area contributed by atoms with Crippen molar-refractivity contribution in [3.63, 3.8) is 0 Å². The number of aryl methyl sites for hydroxylation is 2. The number of nitrogens with zero attached hydrogens (tertiary/aromatic N) is 2. The Morgan fingerprint density at radius 3 is 2.17 bits per heavy atom. The van der Waals surface area contributed by atoms with E-state index >= 15 is 0 Å². The normalized spacial score (nSPS) is 14.9. The monoisotopic (exact) mass is 312 g/mol. The van der Waals surface area contributed by atoms with Crippen molar-refractivity contribution in [3.05, 3.63) is 65.0 Å². The van der Waals surface area contributed by atoms with Crippen molar-refractivity contribution in [1.82, 2.24) is 4.90 Å². The lowest BCUT2D eigenvalue weighted by atomic mass is 10.1. The Labute approximate surface area is 136 Å². The summed E-state index contributed by atoms with van der Waals surface area (Å²) in [6.45, 7) is 6.97. The number of hydrogen-bond acceptors (Lipinski definition) is 2. The number of hydrogen-bond donors (Lipinski definition) is 0. The number of carbonyl (C=O) groups is 1. The van der Waals surface area contributed by atoms with Gasteiger partial charge in [-0.15, -0.1) is 0 Å². The van der Waals surface area contributed by atoms with Gasteiger partial charge in [0.2, 0.25) is 0 Å². The molecule has 1 aliphatic heterocycles. The molecule has 0 aromatic heterocycles. The van der Waals surface area contributed by atoms with Crippen LogP contribution in [0.3, 0.4) is 0 Å². The van der Waals surface area contributed by atoms with Gasteiger partial charge < -0.3 is 9.80 Å². The van der Waals surface area contributed by atoms with E-state index in [0.717, 1.165) is 29.9 Å². The zero-order valence-electron chi connectivity index (χ0n) is 13.6. The molecule has 0 aliphatic carbocycles. The molecule has 3 nitrogen and oxygen atoms in total. The fourth-order valence-corrected chi connectivity index (χ4v) is 2.88. The molecule has 0 radical (unpaired) electrons. The van der Waals surface area contributed by atoms with Crippen molar-refractivity contribution in [1.29, 1.82) is 0 Å². The van der Waals surface area contributed by atoms with Crippen molar-refractivity contribution in [2.24, 2.45) is 0 Å². The van der Waals surface area contributed by atoms with E-state index < -0.39 is 0 Å². The van der Waals surface area contributed by atoms with Crippen LogP contribution in [0.1, 0.15) is 21.5 Å². The predicted octanol–water partition coefficient (Wildman–Crippen LogP) is 3.40. The second kappa shape index (κ2) is 6.41. The molecule has 1 fully saturated rings. The zero-order chi connectivity index (χ0) is 16.4. The van der Waals surface area contributed by atoms with Gasteiger partial charge in [0.25, 0.3) is 5.91 Å². The van der Waals surface area contributed by atoms with Gasteiger partial charge in [-0.3, -0.25) is 4.79 Å². The highest BCUT2D eigenvalue weighted by Crippen LogP contribution is 2.18. The van der Waals surface area contributed by atoms with Crippen LogP contribution in [0.5, 0.6) is 0 Å². The Balaban J connectivity index is 1.65. The summed E-state index contributed by atoms with van der Waals surface area (Å²) in [4.78, 5) is 16.7. The average molecular weight is 312 g/mol. The van der Waals surface area contributed by atoms with Crippen molar-refractivity contribution in [2.75, 3.05) is 31.1 Å². The Morgan fingerprint density at radius 1 is 0.913 bits per heavy atom. The van der Waals surface area contributed by atoms with Crippen LogP contribution in [0.2, 0.25) is 0 Å². The van der Waals surface area contributed by atoms with Crippen LogP contribution < -0.4 is 4.90 Å². The van der Waals surface area contributed by atoms with Gasteiger partial charge in [-0.05, 0) is 61.4 Å². The molecule has 2 aromatic carbocycles. The van der Waals surface area contributed by atoms with Gasteiger partial charge in [0.1, 0.15) is 5.82 Å². The molecule has 23 heavy (non-hydrogen) atoms. The summed E-state index contributed by atoms with van der Waals surface area (Å²) in [6.07, 6.45) is 0. The number of anilines is 1. The Morgan fingerprint density at radius 2 is 1.57 bits per heavy atom. The fraction of sp³-hybridized carbons (Fsp3) is 0.316. The topological polar surface area (TPSA) is 23.6 Å². The Hall–Kier alpha value is -2.36. The van der Waals surface area contributed by atoms with E-state index in [0.29, 0.717) is 13.1 Å². The first kappa shape index (κ1) is 15.5. The van der Waals surface area contributed by atoms with Crippen molar-refractivity contribution in [2.45, 2.75) is 13.8 Å². The number of piperazine rings is 1. The Bertz CT molecular complexity index is 704. The maximum atomic E-state index is 13.0. The van der Waals surface area contributed by atoms with Gasteiger partial charge >= 0.3 is 0 Å². The first-order valence-electron chi connectivity index (χ1n) is 7.91. The van der Waals surface area contributed by atoms with E-state index in [9.17, 15) is 9.18 Å². The predicted molar refractivity (Wildman–Crippen MR) is 90.4 cm³/mol. The van der Waals surface area contributed by atoms with Gasteiger partial charge in [0, 0.05) is 37.4 Å². The van der Waals surface area contributed by atoms with Crippen LogP contribution in [0.4, 0.5) is 10.1 Å². The number of benzene rings is 2. The summed E-state index contributed by atoms with van der Waals surface area (Å²) in [5.41, 5.74) is 4.09. The third-order valence-electron chi connectivity index (χ3n) is 4.51. The van der Waals surface area contributed by atoms with Gasteiger partial charge in [-0.2, -0.15) is 0 Å². The van der Waals surface area contributed by atoms with E-state index in [4.69, 9.17) is 0 Å². The third kappa shape index (κ3) is 3.36. The minimum atomic E-state index is -0.225. The smallest absolute Gasteiger partial charge is 0.253 e. The zero-order valence-corrected chi connectivity index (χ0v) is 13.6. The average Bonchev–Trinajstić information content (AvgIpc) is 2.57. The van der Waals surface area contributed by atoms with Gasteiger partial charge in [0.15, 0.2) is 0 Å². The van der Waals surface area contributed by atoms with Crippen LogP contribution in [0, 0.1) is 19.7 Å². The van der Waals surface area contributed by atoms with E-state index in [1.54, 1.807) is 12.1 Å². The minimum absolute atomic E-state index is 0.0897. The standard InChI is InChI=1S/C19H21FN2O/c1-14-3-4-16(13-15(14)2)19(23)22-11-9-21(10-12-22)18-7-5-17(20)6-8-18/h3-8,13H,9-12H2,1-2H3. The van der Waals surface area contributed by atoms with Crippen molar-refractivity contribution >= 4 is 11.6 Å². The highest BCUT2D eigenvalue weighted by molar-refractivity contribution is 5.94. The van der Waals surface area contributed by atoms with Crippen molar-refractivity contribution in [3.8, 4) is 0 Å². The van der Waals surface area contributed by atoms with E-state index in [1.165, 1.54) is 17.7 Å². The lowest BCUT2D eigenvalue weighted by Crippen LogP contribution is -2.48. The molecular formula is C19H21FN2O. The maximum Gasteiger partial charge on any atom is 0.253 e. The first-order valence-corrected chi connectivity index (χ1v) is 7.91. The van der Waals surface area contributed by atoms with Crippen LogP contribution in [-0.4, -0.2) is 37.0 Å². The molecule has 120 valence electrons. The SMILES string of the molecule is Cc1ccc(C(=O)N2CCN(c3ccc(F)cc3)CC2)cc1C. The molecule has 0 unspecified atom stereocenters. The second-order valence-electron chi connectivity index (χ2n) is 6.05. The van der Waals surface area contributed by atoms with Crippen molar-refractivity contribution < 1.29 is 9.18 Å². The lowest BCUT2D eigenvalue weighted by molar-refractivity contribution is 0.0746. The molecule has 2 aromatic rings. The van der Waals surface area contributed by atoms with Gasteiger partial charge in [0.05, 0.1) is 0 Å². The van der Waals surface area contributed by atoms with Crippen LogP contribution >= 0.6 is 0 Å². The van der Waals surface area contributed by atoms with E-state index in [1.807, 2.05) is 36.9 Å². The summed E-state index contributed by atoms with van der Waals surface area (Å²) in [7, 11) is 0. The highest BCUT2D eigenvalue weighted by atomic mass is 19.1. The maximum absolute atomic E-state index is 13.0. The lowest BCUT2D eigenvalue weighted by Gasteiger charge is -2.36. The van der Waals surface area contributed by atoms with E-state index in [-0.39, 0.29) is 11.7 Å². The summed E-state index contributed by atoms with van der Waals surface area (Å²) in [5.74, 6) is -0.135. The number of carbonyl (C=O) groups excluding carboxylic acids is 1. The molecule has 4 heteroatoms. The molecule has 0 N–H and O–H groups in total. The molecule has 0 bridgehead atoms. The number of amides is 1. The second-order valence-corrected chi connectivity index (χ2v) is 6.05. The first-order chi connectivity index (χ1) is 11.0. The summed E-state index contributed by atoms with van der Waals surface area (Å²) < 4.78 is 13.0. The van der Waals surface area contributed by atoms with Crippen LogP contribution in [0.15, 0.2) is 42.5 Å². The minimum Gasteiger partial charge on any atom is -0.368 e.